The number of anilines is 1. The van der Waals surface area contributed by atoms with Crippen LogP contribution in [0.1, 0.15) is 23.0 Å². The van der Waals surface area contributed by atoms with E-state index in [4.69, 9.17) is 9.47 Å². The van der Waals surface area contributed by atoms with Gasteiger partial charge in [-0.1, -0.05) is 48.5 Å². The minimum absolute atomic E-state index is 0.119. The maximum atomic E-state index is 13.7. The molecule has 0 radical (unpaired) electrons. The molecular weight excluding hydrogens is 618 g/mol. The van der Waals surface area contributed by atoms with Crippen LogP contribution in [-0.4, -0.2) is 51.0 Å². The van der Waals surface area contributed by atoms with Crippen molar-refractivity contribution >= 4 is 43.7 Å². The highest BCUT2D eigenvalue weighted by Crippen LogP contribution is 2.40. The van der Waals surface area contributed by atoms with E-state index in [1.54, 1.807) is 61.1 Å². The van der Waals surface area contributed by atoms with E-state index in [-0.39, 0.29) is 35.6 Å². The van der Waals surface area contributed by atoms with E-state index in [1.807, 2.05) is 36.4 Å². The van der Waals surface area contributed by atoms with Crippen molar-refractivity contribution in [1.29, 1.82) is 0 Å². The summed E-state index contributed by atoms with van der Waals surface area (Å²) < 4.78 is 62.1. The van der Waals surface area contributed by atoms with Crippen molar-refractivity contribution in [3.05, 3.63) is 113 Å². The molecule has 0 saturated carbocycles. The van der Waals surface area contributed by atoms with Crippen LogP contribution in [0.25, 0.3) is 22.0 Å². The summed E-state index contributed by atoms with van der Waals surface area (Å²) in [5.74, 6) is -0.513. The second-order valence-corrected chi connectivity index (χ2v) is 13.3. The minimum Gasteiger partial charge on any atom is -0.461 e. The molecule has 3 aromatic carbocycles. The fourth-order valence-corrected chi connectivity index (χ4v) is 6.81. The Morgan fingerprint density at radius 2 is 1.64 bits per heavy atom. The molecule has 0 amide bonds. The summed E-state index contributed by atoms with van der Waals surface area (Å²) >= 11 is -2.68. The van der Waals surface area contributed by atoms with E-state index in [0.717, 1.165) is 16.1 Å². The first kappa shape index (κ1) is 31.7. The van der Waals surface area contributed by atoms with Gasteiger partial charge in [-0.15, -0.1) is 0 Å². The zero-order valence-corrected chi connectivity index (χ0v) is 26.4. The molecule has 0 aliphatic carbocycles. The molecule has 0 aliphatic rings. The number of esters is 1. The third-order valence-electron chi connectivity index (χ3n) is 6.95. The van der Waals surface area contributed by atoms with Crippen LogP contribution in [0.2, 0.25) is 0 Å². The Bertz CT molecular complexity index is 2060. The van der Waals surface area contributed by atoms with Crippen molar-refractivity contribution in [3.8, 4) is 22.6 Å². The fourth-order valence-electron chi connectivity index (χ4n) is 5.00. The van der Waals surface area contributed by atoms with E-state index in [9.17, 15) is 26.8 Å². The number of benzene rings is 3. The van der Waals surface area contributed by atoms with Gasteiger partial charge in [-0.2, -0.15) is 0 Å². The van der Waals surface area contributed by atoms with Crippen LogP contribution in [0.4, 0.5) is 5.69 Å². The second kappa shape index (κ2) is 13.1. The van der Waals surface area contributed by atoms with Gasteiger partial charge in [0, 0.05) is 42.6 Å². The van der Waals surface area contributed by atoms with Crippen molar-refractivity contribution in [3.63, 3.8) is 0 Å². The lowest BCUT2D eigenvalue weighted by atomic mass is 10.0. The van der Waals surface area contributed by atoms with Crippen molar-refractivity contribution in [1.82, 2.24) is 9.13 Å². The van der Waals surface area contributed by atoms with E-state index in [2.05, 4.69) is 0 Å². The van der Waals surface area contributed by atoms with Crippen LogP contribution < -0.4 is 14.6 Å². The van der Waals surface area contributed by atoms with Crippen LogP contribution in [0, 0.1) is 0 Å². The predicted octanol–water partition coefficient (Wildman–Crippen LogP) is 4.97. The number of fused-ring (bicyclic) bond motifs is 1. The summed E-state index contributed by atoms with van der Waals surface area (Å²) in [4.78, 5) is 27.0. The number of carbonyl (C=O) groups is 1. The lowest BCUT2D eigenvalue weighted by Gasteiger charge is -2.21. The molecule has 0 spiro atoms. The number of ether oxygens (including phenoxy) is 2. The Kier molecular flexibility index (Phi) is 9.23. The molecule has 1 unspecified atom stereocenters. The molecule has 0 saturated heterocycles. The van der Waals surface area contributed by atoms with E-state index < -0.39 is 32.9 Å². The standard InChI is InChI=1S/C32H31N3O8S2/c1-4-42-32(37)28-18-26-27(20-33(2)31(36)30(26)34(28)19-22-11-7-5-8-12-22)25-17-23(35(44(38)39)21-45(3,40)41)15-16-29(25)43-24-13-9-6-10-14-24/h5-18,20H,4,19,21H2,1-3H3,(H,38,39). The number of pyridine rings is 1. The second-order valence-electron chi connectivity index (χ2n) is 10.3. The fraction of sp³-hybridized carbons (Fsp3) is 0.188. The first-order valence-corrected chi connectivity index (χ1v) is 17.0. The van der Waals surface area contributed by atoms with Gasteiger partial charge in [-0.05, 0) is 48.9 Å². The first-order valence-electron chi connectivity index (χ1n) is 13.8. The third kappa shape index (κ3) is 7.00. The number of nitrogens with zero attached hydrogens (tertiary/aromatic N) is 3. The summed E-state index contributed by atoms with van der Waals surface area (Å²) in [6.45, 7) is 2.02. The maximum absolute atomic E-state index is 13.7. The molecule has 1 atom stereocenters. The van der Waals surface area contributed by atoms with Gasteiger partial charge in [-0.3, -0.25) is 13.7 Å². The van der Waals surface area contributed by atoms with Gasteiger partial charge in [0.1, 0.15) is 28.6 Å². The largest absolute Gasteiger partial charge is 0.461 e. The minimum atomic E-state index is -3.71. The van der Waals surface area contributed by atoms with Gasteiger partial charge in [0.25, 0.3) is 16.8 Å². The average Bonchev–Trinajstić information content (AvgIpc) is 3.38. The van der Waals surface area contributed by atoms with Gasteiger partial charge in [0.2, 0.25) is 0 Å². The van der Waals surface area contributed by atoms with Gasteiger partial charge in [0.05, 0.1) is 12.3 Å². The first-order chi connectivity index (χ1) is 21.5. The Hall–Kier alpha value is -4.72. The lowest BCUT2D eigenvalue weighted by molar-refractivity contribution is 0.0515. The van der Waals surface area contributed by atoms with Crippen LogP contribution >= 0.6 is 0 Å². The lowest BCUT2D eigenvalue weighted by Crippen LogP contribution is -2.30. The van der Waals surface area contributed by atoms with Crippen molar-refractivity contribution in [2.45, 2.75) is 13.5 Å². The average molecular weight is 650 g/mol. The van der Waals surface area contributed by atoms with Crippen LogP contribution in [-0.2, 0) is 39.4 Å². The topological polar surface area (TPSA) is 137 Å². The Morgan fingerprint density at radius 3 is 2.27 bits per heavy atom. The zero-order chi connectivity index (χ0) is 32.3. The van der Waals surface area contributed by atoms with Gasteiger partial charge in [-0.25, -0.2) is 17.4 Å². The van der Waals surface area contributed by atoms with Gasteiger partial charge < -0.3 is 18.6 Å². The van der Waals surface area contributed by atoms with Crippen LogP contribution in [0.15, 0.2) is 95.9 Å². The number of hydrogen-bond donors (Lipinski definition) is 1. The van der Waals surface area contributed by atoms with E-state index in [1.165, 1.54) is 16.7 Å². The molecular formula is C32H31N3O8S2. The number of carbonyl (C=O) groups excluding carboxylic acids is 1. The molecule has 0 aliphatic heterocycles. The van der Waals surface area contributed by atoms with Gasteiger partial charge >= 0.3 is 5.97 Å². The Morgan fingerprint density at radius 1 is 0.978 bits per heavy atom. The molecule has 11 nitrogen and oxygen atoms in total. The van der Waals surface area contributed by atoms with Crippen molar-refractivity contribution in [2.24, 2.45) is 7.05 Å². The summed E-state index contributed by atoms with van der Waals surface area (Å²) in [5, 5.41) is 0.409. The number of aromatic nitrogens is 2. The number of hydrogen-bond acceptors (Lipinski definition) is 7. The number of aryl methyl sites for hydroxylation is 1. The smallest absolute Gasteiger partial charge is 0.354 e. The Labute approximate surface area is 262 Å². The maximum Gasteiger partial charge on any atom is 0.354 e. The molecule has 2 heterocycles. The summed E-state index contributed by atoms with van der Waals surface area (Å²) in [5.41, 5.74) is 1.84. The van der Waals surface area contributed by atoms with Gasteiger partial charge in [0.15, 0.2) is 9.84 Å². The zero-order valence-electron chi connectivity index (χ0n) is 24.7. The normalized spacial score (nSPS) is 12.2. The highest BCUT2D eigenvalue weighted by Gasteiger charge is 2.25. The molecule has 5 rings (SSSR count). The molecule has 0 bridgehead atoms. The van der Waals surface area contributed by atoms with E-state index in [0.29, 0.717) is 28.0 Å². The number of para-hydroxylation sites is 1. The van der Waals surface area contributed by atoms with Crippen LogP contribution in [0.3, 0.4) is 0 Å². The van der Waals surface area contributed by atoms with Crippen molar-refractivity contribution < 1.29 is 31.4 Å². The Balaban J connectivity index is 1.81. The van der Waals surface area contributed by atoms with Crippen LogP contribution in [0.5, 0.6) is 11.5 Å². The highest BCUT2D eigenvalue weighted by molar-refractivity contribution is 7.92. The predicted molar refractivity (Wildman–Crippen MR) is 174 cm³/mol. The molecule has 5 aromatic rings. The summed E-state index contributed by atoms with van der Waals surface area (Å²) in [6, 6.07) is 24.4. The number of sulfone groups is 1. The molecule has 2 aromatic heterocycles. The van der Waals surface area contributed by atoms with E-state index >= 15 is 0 Å². The third-order valence-corrected chi connectivity index (χ3v) is 8.56. The highest BCUT2D eigenvalue weighted by atomic mass is 32.2. The monoisotopic (exact) mass is 649 g/mol. The molecule has 13 heteroatoms. The summed E-state index contributed by atoms with van der Waals surface area (Å²) in [6.07, 6.45) is 2.55. The molecule has 0 fully saturated rings. The van der Waals surface area contributed by atoms with Crippen molar-refractivity contribution in [2.75, 3.05) is 23.0 Å². The number of rotatable bonds is 11. The molecule has 45 heavy (non-hydrogen) atoms. The SMILES string of the molecule is CCOC(=O)c1cc2c(-c3cc(N(CS(C)(=O)=O)S(=O)O)ccc3Oc3ccccc3)cn(C)c(=O)c2n1Cc1ccccc1. The molecule has 234 valence electrons. The quantitative estimate of drug-likeness (QED) is 0.157. The molecule has 1 N–H and O–H groups in total. The summed E-state index contributed by atoms with van der Waals surface area (Å²) in [7, 11) is -2.13.